The fraction of sp³-hybridized carbons (Fsp3) is 0.238. The number of benzene rings is 4. The molecule has 4 aromatic carbocycles. The minimum Gasteiger partial charge on any atom is -0.494 e. The minimum atomic E-state index is 0.807. The van der Waals surface area contributed by atoms with E-state index in [2.05, 4.69) is 61.5 Å². The summed E-state index contributed by atoms with van der Waals surface area (Å²) in [4.78, 5) is 0. The second kappa shape index (κ2) is 5.49. The Morgan fingerprint density at radius 3 is 1.95 bits per heavy atom. The van der Waals surface area contributed by atoms with Gasteiger partial charge in [-0.05, 0) is 50.9 Å². The highest BCUT2D eigenvalue weighted by Crippen LogP contribution is 2.36. The maximum Gasteiger partial charge on any atom is 0.120 e. The zero-order chi connectivity index (χ0) is 14.9. The molecule has 0 radical (unpaired) electrons. The van der Waals surface area contributed by atoms with Gasteiger partial charge in [0.15, 0.2) is 0 Å². The molecule has 4 aromatic rings. The van der Waals surface area contributed by atoms with Gasteiger partial charge in [0.25, 0.3) is 0 Å². The van der Waals surface area contributed by atoms with Crippen molar-refractivity contribution in [3.05, 3.63) is 54.6 Å². The number of rotatable bonds is 5. The van der Waals surface area contributed by atoms with Crippen molar-refractivity contribution in [3.63, 3.8) is 0 Å². The fourth-order valence-corrected chi connectivity index (χ4v) is 3.35. The van der Waals surface area contributed by atoms with Gasteiger partial charge in [0, 0.05) is 0 Å². The molecule has 0 unspecified atom stereocenters. The van der Waals surface area contributed by atoms with Crippen molar-refractivity contribution in [2.75, 3.05) is 6.61 Å². The lowest BCUT2D eigenvalue weighted by molar-refractivity contribution is 0.307. The van der Waals surface area contributed by atoms with Crippen molar-refractivity contribution < 1.29 is 4.74 Å². The maximum atomic E-state index is 5.96. The fourth-order valence-electron chi connectivity index (χ4n) is 3.35. The lowest BCUT2D eigenvalue weighted by Gasteiger charge is -2.13. The molecule has 1 heteroatoms. The summed E-state index contributed by atoms with van der Waals surface area (Å²) in [6, 6.07) is 19.7. The molecule has 0 spiro atoms. The Bertz CT molecular complexity index is 859. The Kier molecular flexibility index (Phi) is 3.34. The molecule has 0 N–H and O–H groups in total. The van der Waals surface area contributed by atoms with Crippen molar-refractivity contribution in [2.45, 2.75) is 26.2 Å². The smallest absolute Gasteiger partial charge is 0.120 e. The average molecular weight is 288 g/mol. The summed E-state index contributed by atoms with van der Waals surface area (Å²) < 4.78 is 5.96. The maximum absolute atomic E-state index is 5.96. The lowest BCUT2D eigenvalue weighted by Crippen LogP contribution is -1.97. The molecule has 0 heterocycles. The van der Waals surface area contributed by atoms with Gasteiger partial charge in [-0.25, -0.2) is 0 Å². The van der Waals surface area contributed by atoms with Crippen LogP contribution in [-0.4, -0.2) is 6.61 Å². The molecule has 0 aliphatic carbocycles. The Morgan fingerprint density at radius 1 is 0.727 bits per heavy atom. The predicted octanol–water partition coefficient (Wildman–Crippen LogP) is 6.15. The Balaban J connectivity index is 1.83. The highest BCUT2D eigenvalue weighted by Gasteiger charge is 2.09. The van der Waals surface area contributed by atoms with Crippen LogP contribution in [0.25, 0.3) is 32.3 Å². The molecular formula is C21H20O. The van der Waals surface area contributed by atoms with E-state index in [0.717, 1.165) is 18.8 Å². The third-order valence-corrected chi connectivity index (χ3v) is 4.45. The van der Waals surface area contributed by atoms with Gasteiger partial charge in [-0.15, -0.1) is 0 Å². The van der Waals surface area contributed by atoms with Crippen molar-refractivity contribution in [2.24, 2.45) is 0 Å². The Morgan fingerprint density at radius 2 is 1.32 bits per heavy atom. The molecule has 0 aliphatic rings. The summed E-state index contributed by atoms with van der Waals surface area (Å²) in [5, 5.41) is 7.89. The first-order chi connectivity index (χ1) is 10.9. The first kappa shape index (κ1) is 13.4. The van der Waals surface area contributed by atoms with Gasteiger partial charge >= 0.3 is 0 Å². The molecule has 0 amide bonds. The summed E-state index contributed by atoms with van der Waals surface area (Å²) in [7, 11) is 0. The van der Waals surface area contributed by atoms with E-state index in [9.17, 15) is 0 Å². The minimum absolute atomic E-state index is 0.807. The monoisotopic (exact) mass is 288 g/mol. The molecular weight excluding hydrogens is 268 g/mol. The van der Waals surface area contributed by atoms with Crippen LogP contribution in [0.5, 0.6) is 5.75 Å². The number of ether oxygens (including phenoxy) is 1. The summed E-state index contributed by atoms with van der Waals surface area (Å²) in [6.07, 6.45) is 3.58. The molecule has 110 valence electrons. The SMILES string of the molecule is CCCCCOc1cc2ccc3cccc4ccc(c1)c2c34. The summed E-state index contributed by atoms with van der Waals surface area (Å²) in [6.45, 7) is 3.02. The Labute approximate surface area is 130 Å². The zero-order valence-electron chi connectivity index (χ0n) is 12.9. The van der Waals surface area contributed by atoms with Crippen LogP contribution < -0.4 is 4.74 Å². The van der Waals surface area contributed by atoms with Crippen molar-refractivity contribution in [1.29, 1.82) is 0 Å². The van der Waals surface area contributed by atoms with Crippen LogP contribution in [0.2, 0.25) is 0 Å². The standard InChI is InChI=1S/C21H20O/c1-2-3-4-12-22-19-13-17-10-8-15-6-5-7-16-9-11-18(14-19)21(17)20(15)16/h5-11,13-14H,2-4,12H2,1H3. The summed E-state index contributed by atoms with van der Waals surface area (Å²) in [5.41, 5.74) is 0. The van der Waals surface area contributed by atoms with Crippen molar-refractivity contribution in [1.82, 2.24) is 0 Å². The topological polar surface area (TPSA) is 9.23 Å². The van der Waals surface area contributed by atoms with E-state index in [1.165, 1.54) is 45.2 Å². The van der Waals surface area contributed by atoms with Crippen LogP contribution in [-0.2, 0) is 0 Å². The van der Waals surface area contributed by atoms with Crippen LogP contribution >= 0.6 is 0 Å². The van der Waals surface area contributed by atoms with Crippen molar-refractivity contribution >= 4 is 32.3 Å². The third kappa shape index (κ3) is 2.18. The highest BCUT2D eigenvalue weighted by atomic mass is 16.5. The third-order valence-electron chi connectivity index (χ3n) is 4.45. The largest absolute Gasteiger partial charge is 0.494 e. The van der Waals surface area contributed by atoms with Crippen LogP contribution in [0.1, 0.15) is 26.2 Å². The number of hydrogen-bond acceptors (Lipinski definition) is 1. The van der Waals surface area contributed by atoms with Crippen LogP contribution in [0, 0.1) is 0 Å². The first-order valence-corrected chi connectivity index (χ1v) is 8.17. The molecule has 0 saturated carbocycles. The van der Waals surface area contributed by atoms with Gasteiger partial charge in [-0.1, -0.05) is 62.2 Å². The molecule has 22 heavy (non-hydrogen) atoms. The van der Waals surface area contributed by atoms with Gasteiger partial charge in [0.05, 0.1) is 6.61 Å². The van der Waals surface area contributed by atoms with Crippen molar-refractivity contribution in [3.8, 4) is 5.75 Å². The first-order valence-electron chi connectivity index (χ1n) is 8.17. The van der Waals surface area contributed by atoms with E-state index in [4.69, 9.17) is 4.74 Å². The van der Waals surface area contributed by atoms with Crippen LogP contribution in [0.15, 0.2) is 54.6 Å². The molecule has 1 nitrogen and oxygen atoms in total. The molecule has 4 rings (SSSR count). The second-order valence-electron chi connectivity index (χ2n) is 6.01. The second-order valence-corrected chi connectivity index (χ2v) is 6.01. The predicted molar refractivity (Wildman–Crippen MR) is 95.2 cm³/mol. The van der Waals surface area contributed by atoms with Gasteiger partial charge in [-0.2, -0.15) is 0 Å². The molecule has 0 aromatic heterocycles. The summed E-state index contributed by atoms with van der Waals surface area (Å²) in [5.74, 6) is 0.988. The van der Waals surface area contributed by atoms with E-state index in [1.807, 2.05) is 0 Å². The molecule has 0 saturated heterocycles. The quantitative estimate of drug-likeness (QED) is 0.316. The normalized spacial score (nSPS) is 11.7. The van der Waals surface area contributed by atoms with E-state index in [1.54, 1.807) is 0 Å². The van der Waals surface area contributed by atoms with Gasteiger partial charge < -0.3 is 4.74 Å². The van der Waals surface area contributed by atoms with E-state index >= 15 is 0 Å². The lowest BCUT2D eigenvalue weighted by atomic mass is 9.94. The molecule has 0 bridgehead atoms. The number of hydrogen-bond donors (Lipinski definition) is 0. The Hall–Kier alpha value is -2.28. The molecule has 0 aliphatic heterocycles. The van der Waals surface area contributed by atoms with E-state index in [0.29, 0.717) is 0 Å². The average Bonchev–Trinajstić information content (AvgIpc) is 2.56. The number of unbranched alkanes of at least 4 members (excludes halogenated alkanes) is 2. The zero-order valence-corrected chi connectivity index (χ0v) is 12.9. The molecule has 0 fully saturated rings. The van der Waals surface area contributed by atoms with Crippen LogP contribution in [0.3, 0.4) is 0 Å². The van der Waals surface area contributed by atoms with E-state index < -0.39 is 0 Å². The van der Waals surface area contributed by atoms with Crippen LogP contribution in [0.4, 0.5) is 0 Å². The summed E-state index contributed by atoms with van der Waals surface area (Å²) >= 11 is 0. The van der Waals surface area contributed by atoms with Gasteiger partial charge in [0.1, 0.15) is 5.75 Å². The van der Waals surface area contributed by atoms with E-state index in [-0.39, 0.29) is 0 Å². The molecule has 0 atom stereocenters. The van der Waals surface area contributed by atoms with Gasteiger partial charge in [-0.3, -0.25) is 0 Å². The van der Waals surface area contributed by atoms with Gasteiger partial charge in [0.2, 0.25) is 0 Å². The highest BCUT2D eigenvalue weighted by molar-refractivity contribution is 6.23.